The van der Waals surface area contributed by atoms with E-state index >= 15 is 0 Å². The molecule has 0 unspecified atom stereocenters. The van der Waals surface area contributed by atoms with E-state index in [-0.39, 0.29) is 5.92 Å². The highest BCUT2D eigenvalue weighted by Gasteiger charge is 2.53. The van der Waals surface area contributed by atoms with E-state index in [0.717, 1.165) is 30.0 Å². The van der Waals surface area contributed by atoms with E-state index in [1.54, 1.807) is 14.2 Å². The summed E-state index contributed by atoms with van der Waals surface area (Å²) in [6.07, 6.45) is 0.598. The van der Waals surface area contributed by atoms with Gasteiger partial charge in [-0.3, -0.25) is 9.69 Å². The Bertz CT molecular complexity index is 605. The Balaban J connectivity index is 1.75. The van der Waals surface area contributed by atoms with Gasteiger partial charge in [-0.25, -0.2) is 0 Å². The molecule has 1 aromatic carbocycles. The number of carbonyl (C=O) groups is 1. The number of carboxylic acid groups (broad SMARTS) is 1. The number of hydrogen-bond acceptors (Lipinski definition) is 5. The highest BCUT2D eigenvalue weighted by Crippen LogP contribution is 2.43. The van der Waals surface area contributed by atoms with Crippen LogP contribution in [0, 0.1) is 11.3 Å². The van der Waals surface area contributed by atoms with Crippen LogP contribution in [0.2, 0.25) is 0 Å². The Hall–Kier alpha value is -1.63. The van der Waals surface area contributed by atoms with Crippen LogP contribution in [-0.4, -0.2) is 56.5 Å². The third kappa shape index (κ3) is 3.14. The molecule has 2 aliphatic rings. The minimum Gasteiger partial charge on any atom is -0.496 e. The van der Waals surface area contributed by atoms with Crippen molar-refractivity contribution in [1.29, 1.82) is 0 Å². The van der Waals surface area contributed by atoms with E-state index in [0.29, 0.717) is 32.8 Å². The first-order valence-electron chi connectivity index (χ1n) is 8.27. The first-order valence-corrected chi connectivity index (χ1v) is 8.27. The maximum atomic E-state index is 11.9. The molecule has 2 atom stereocenters. The van der Waals surface area contributed by atoms with Crippen LogP contribution in [0.15, 0.2) is 18.2 Å². The molecular weight excluding hydrogens is 310 g/mol. The van der Waals surface area contributed by atoms with Crippen LogP contribution in [-0.2, 0) is 27.4 Å². The lowest BCUT2D eigenvalue weighted by Crippen LogP contribution is -2.44. The summed E-state index contributed by atoms with van der Waals surface area (Å²) < 4.78 is 16.1. The van der Waals surface area contributed by atoms with Crippen molar-refractivity contribution in [2.24, 2.45) is 11.3 Å². The fraction of sp³-hybridized carbons (Fsp3) is 0.611. The second-order valence-corrected chi connectivity index (χ2v) is 6.73. The summed E-state index contributed by atoms with van der Waals surface area (Å²) >= 11 is 0. The van der Waals surface area contributed by atoms with Gasteiger partial charge >= 0.3 is 5.97 Å². The summed E-state index contributed by atoms with van der Waals surface area (Å²) in [5, 5.41) is 9.75. The Kier molecular flexibility index (Phi) is 5.08. The average Bonchev–Trinajstić information content (AvgIpc) is 2.95. The zero-order valence-electron chi connectivity index (χ0n) is 14.3. The molecule has 1 N–H and O–H groups in total. The monoisotopic (exact) mass is 335 g/mol. The van der Waals surface area contributed by atoms with Crippen molar-refractivity contribution in [3.8, 4) is 5.75 Å². The standard InChI is InChI=1S/C18H25NO5/c1-22-10-14-7-13(3-4-16(14)23-2)8-19-9-15-11-24-6-5-18(15,12-19)17(20)21/h3-4,7,15H,5-6,8-12H2,1-2H3,(H,20,21)/t15-,18+/m1/s1. The lowest BCUT2D eigenvalue weighted by atomic mass is 9.74. The molecule has 24 heavy (non-hydrogen) atoms. The maximum Gasteiger partial charge on any atom is 0.311 e. The summed E-state index contributed by atoms with van der Waals surface area (Å²) in [4.78, 5) is 14.1. The second kappa shape index (κ2) is 7.09. The third-order valence-corrected chi connectivity index (χ3v) is 5.25. The van der Waals surface area contributed by atoms with Crippen molar-refractivity contribution in [3.63, 3.8) is 0 Å². The molecule has 2 heterocycles. The van der Waals surface area contributed by atoms with E-state index in [1.807, 2.05) is 12.1 Å². The van der Waals surface area contributed by atoms with Crippen LogP contribution >= 0.6 is 0 Å². The quantitative estimate of drug-likeness (QED) is 0.854. The Morgan fingerprint density at radius 2 is 2.29 bits per heavy atom. The van der Waals surface area contributed by atoms with E-state index < -0.39 is 11.4 Å². The number of ether oxygens (including phenoxy) is 3. The summed E-state index contributed by atoms with van der Waals surface area (Å²) in [6, 6.07) is 6.06. The van der Waals surface area contributed by atoms with Crippen LogP contribution in [0.4, 0.5) is 0 Å². The van der Waals surface area contributed by atoms with Crippen LogP contribution in [0.3, 0.4) is 0 Å². The molecule has 3 rings (SSSR count). The zero-order valence-corrected chi connectivity index (χ0v) is 14.3. The highest BCUT2D eigenvalue weighted by molar-refractivity contribution is 5.76. The van der Waals surface area contributed by atoms with Gasteiger partial charge in [-0.1, -0.05) is 6.07 Å². The third-order valence-electron chi connectivity index (χ3n) is 5.25. The number of aliphatic carboxylic acids is 1. The lowest BCUT2D eigenvalue weighted by Gasteiger charge is -2.34. The zero-order chi connectivity index (χ0) is 17.2. The molecule has 132 valence electrons. The SMILES string of the molecule is COCc1cc(CN2C[C@@H]3COCC[C@]3(C(=O)O)C2)ccc1OC. The highest BCUT2D eigenvalue weighted by atomic mass is 16.5. The summed E-state index contributed by atoms with van der Waals surface area (Å²) in [5.74, 6) is 0.194. The van der Waals surface area contributed by atoms with Gasteiger partial charge in [-0.2, -0.15) is 0 Å². The van der Waals surface area contributed by atoms with Crippen molar-refractivity contribution >= 4 is 5.97 Å². The summed E-state index contributed by atoms with van der Waals surface area (Å²) in [6.45, 7) is 3.65. The number of hydrogen-bond donors (Lipinski definition) is 1. The minimum absolute atomic E-state index is 0.0699. The first-order chi connectivity index (χ1) is 11.6. The van der Waals surface area contributed by atoms with Crippen LogP contribution in [0.5, 0.6) is 5.75 Å². The van der Waals surface area contributed by atoms with Gasteiger partial charge in [-0.15, -0.1) is 0 Å². The summed E-state index contributed by atoms with van der Waals surface area (Å²) in [5.41, 5.74) is 1.49. The number of likely N-dealkylation sites (tertiary alicyclic amines) is 1. The molecule has 2 fully saturated rings. The van der Waals surface area contributed by atoms with E-state index in [1.165, 1.54) is 0 Å². The van der Waals surface area contributed by atoms with Gasteiger partial charge in [0, 0.05) is 44.8 Å². The van der Waals surface area contributed by atoms with Gasteiger partial charge < -0.3 is 19.3 Å². The van der Waals surface area contributed by atoms with Crippen molar-refractivity contribution in [1.82, 2.24) is 4.90 Å². The van der Waals surface area contributed by atoms with Gasteiger partial charge in [0.05, 0.1) is 25.7 Å². The first kappa shape index (κ1) is 17.2. The van der Waals surface area contributed by atoms with Crippen molar-refractivity contribution in [3.05, 3.63) is 29.3 Å². The molecule has 0 aliphatic carbocycles. The Morgan fingerprint density at radius 3 is 2.96 bits per heavy atom. The van der Waals surface area contributed by atoms with Crippen molar-refractivity contribution in [2.75, 3.05) is 40.5 Å². The minimum atomic E-state index is -0.687. The van der Waals surface area contributed by atoms with E-state index in [2.05, 4.69) is 11.0 Å². The predicted octanol–water partition coefficient (Wildman–Crippen LogP) is 1.76. The molecule has 0 bridgehead atoms. The Morgan fingerprint density at radius 1 is 1.46 bits per heavy atom. The number of carboxylic acids is 1. The molecule has 6 nitrogen and oxygen atoms in total. The van der Waals surface area contributed by atoms with E-state index in [9.17, 15) is 9.90 Å². The smallest absolute Gasteiger partial charge is 0.311 e. The topological polar surface area (TPSA) is 68.2 Å². The van der Waals surface area contributed by atoms with Crippen LogP contribution in [0.25, 0.3) is 0 Å². The Labute approximate surface area is 142 Å². The maximum absolute atomic E-state index is 11.9. The molecule has 0 amide bonds. The molecule has 6 heteroatoms. The normalized spacial score (nSPS) is 27.0. The second-order valence-electron chi connectivity index (χ2n) is 6.73. The molecule has 1 aromatic rings. The molecule has 2 saturated heterocycles. The molecule has 2 aliphatic heterocycles. The van der Waals surface area contributed by atoms with Gasteiger partial charge in [-0.05, 0) is 24.1 Å². The van der Waals surface area contributed by atoms with Gasteiger partial charge in [0.15, 0.2) is 0 Å². The fourth-order valence-electron chi connectivity index (χ4n) is 3.98. The van der Waals surface area contributed by atoms with Gasteiger partial charge in [0.1, 0.15) is 5.75 Å². The fourth-order valence-corrected chi connectivity index (χ4v) is 3.98. The van der Waals surface area contributed by atoms with Gasteiger partial charge in [0.25, 0.3) is 0 Å². The van der Waals surface area contributed by atoms with E-state index in [4.69, 9.17) is 14.2 Å². The lowest BCUT2D eigenvalue weighted by molar-refractivity contribution is -0.157. The van der Waals surface area contributed by atoms with Crippen molar-refractivity contribution < 1.29 is 24.1 Å². The molecular formula is C18H25NO5. The number of nitrogens with zero attached hydrogens (tertiary/aromatic N) is 1. The largest absolute Gasteiger partial charge is 0.496 e. The number of fused-ring (bicyclic) bond motifs is 1. The molecule has 0 saturated carbocycles. The van der Waals surface area contributed by atoms with Crippen LogP contribution < -0.4 is 4.74 Å². The van der Waals surface area contributed by atoms with Gasteiger partial charge in [0.2, 0.25) is 0 Å². The van der Waals surface area contributed by atoms with Crippen LogP contribution in [0.1, 0.15) is 17.5 Å². The number of methoxy groups -OCH3 is 2. The molecule has 0 aromatic heterocycles. The number of rotatable bonds is 6. The average molecular weight is 335 g/mol. The molecule has 0 radical (unpaired) electrons. The summed E-state index contributed by atoms with van der Waals surface area (Å²) in [7, 11) is 3.31. The van der Waals surface area contributed by atoms with Crippen molar-refractivity contribution in [2.45, 2.75) is 19.6 Å². The number of benzene rings is 1. The predicted molar refractivity (Wildman–Crippen MR) is 88.0 cm³/mol. The molecule has 0 spiro atoms.